The molecule has 0 spiro atoms. The summed E-state index contributed by atoms with van der Waals surface area (Å²) in [6.07, 6.45) is -5.07. The van der Waals surface area contributed by atoms with Crippen molar-refractivity contribution in [2.24, 2.45) is 58.3 Å². The maximum Gasteiger partial charge on any atom is 0.243 e. The molecule has 18 N–H and O–H groups in total. The fourth-order valence-electron chi connectivity index (χ4n) is 9.74. The number of carbonyl (C=O) groups excluding carboxylic acids is 10. The zero-order valence-corrected chi connectivity index (χ0v) is 47.1. The first-order valence-corrected chi connectivity index (χ1v) is 27.9. The Labute approximate surface area is 469 Å². The summed E-state index contributed by atoms with van der Waals surface area (Å²) in [5, 5.41) is 37.4. The van der Waals surface area contributed by atoms with Crippen LogP contribution in [0.1, 0.15) is 117 Å². The number of rotatable bonds is 24. The molecule has 1 saturated heterocycles. The third-order valence-corrected chi connectivity index (χ3v) is 14.5. The minimum atomic E-state index is -1.44. The van der Waals surface area contributed by atoms with Crippen LogP contribution in [0.25, 0.3) is 11.1 Å². The molecule has 23 nitrogen and oxygen atoms in total. The molecule has 1 aliphatic rings. The largest absolute Gasteiger partial charge is 0.393 e. The van der Waals surface area contributed by atoms with Gasteiger partial charge in [-0.15, -0.1) is 0 Å². The Balaban J connectivity index is 1.97. The second-order valence-corrected chi connectivity index (χ2v) is 21.4. The molecule has 0 radical (unpaired) electrons. The average molecular weight is 1120 g/mol. The number of aliphatic hydroxyl groups is 2. The zero-order valence-electron chi connectivity index (χ0n) is 47.1. The molecule has 1 fully saturated rings. The molecule has 12 atom stereocenters. The van der Waals surface area contributed by atoms with Crippen molar-refractivity contribution in [3.05, 3.63) is 60.2 Å². The molecule has 0 saturated carbocycles. The summed E-state index contributed by atoms with van der Waals surface area (Å²) in [6, 6.07) is 10.8. The molecule has 2 aromatic carbocycles. The fourth-order valence-corrected chi connectivity index (χ4v) is 9.74. The van der Waals surface area contributed by atoms with E-state index in [2.05, 4.69) is 31.9 Å². The van der Waals surface area contributed by atoms with Crippen LogP contribution in [-0.4, -0.2) is 150 Å². The minimum absolute atomic E-state index is 0.0492. The van der Waals surface area contributed by atoms with Gasteiger partial charge in [0.2, 0.25) is 35.4 Å². The third kappa shape index (κ3) is 21.6. The van der Waals surface area contributed by atoms with Gasteiger partial charge >= 0.3 is 0 Å². The van der Waals surface area contributed by atoms with E-state index >= 15 is 0 Å². The predicted octanol–water partition coefficient (Wildman–Crippen LogP) is -0.746. The number of ketones is 4. The van der Waals surface area contributed by atoms with Gasteiger partial charge in [-0.1, -0.05) is 75.4 Å². The second kappa shape index (κ2) is 34.7. The molecule has 3 rings (SSSR count). The van der Waals surface area contributed by atoms with Crippen LogP contribution in [0.15, 0.2) is 54.6 Å². The highest BCUT2D eigenvalue weighted by Gasteiger charge is 2.37. The van der Waals surface area contributed by atoms with Gasteiger partial charge in [0, 0.05) is 62.9 Å². The van der Waals surface area contributed by atoms with Crippen LogP contribution in [-0.2, 0) is 47.9 Å². The smallest absolute Gasteiger partial charge is 0.243 e. The Morgan fingerprint density at radius 1 is 0.637 bits per heavy atom. The Morgan fingerprint density at radius 3 is 1.75 bits per heavy atom. The highest BCUT2D eigenvalue weighted by Crippen LogP contribution is 2.28. The van der Waals surface area contributed by atoms with Crippen molar-refractivity contribution in [2.75, 3.05) is 39.3 Å². The molecule has 0 aromatic heterocycles. The van der Waals surface area contributed by atoms with E-state index < -0.39 is 157 Å². The lowest BCUT2D eigenvalue weighted by atomic mass is 9.87. The first-order chi connectivity index (χ1) is 38.0. The van der Waals surface area contributed by atoms with Crippen LogP contribution in [0.5, 0.6) is 0 Å². The third-order valence-electron chi connectivity index (χ3n) is 14.5. The zero-order chi connectivity index (χ0) is 59.6. The lowest BCUT2D eigenvalue weighted by molar-refractivity contribution is -0.137. The molecule has 1 aliphatic heterocycles. The van der Waals surface area contributed by atoms with E-state index in [1.807, 2.05) is 68.4 Å². The number of benzene rings is 2. The number of nitrogens with two attached hydrogens (primary N) is 5. The summed E-state index contributed by atoms with van der Waals surface area (Å²) in [5.74, 6) is -12.6. The van der Waals surface area contributed by atoms with Gasteiger partial charge in [-0.2, -0.15) is 0 Å². The predicted molar refractivity (Wildman–Crippen MR) is 301 cm³/mol. The number of hydrogen-bond acceptors (Lipinski definition) is 17. The Hall–Kier alpha value is -6.34. The fraction of sp³-hybridized carbons (Fsp3) is 0.614. The Kier molecular flexibility index (Phi) is 29.5. The number of nitrogens with one attached hydrogen (secondary N) is 6. The van der Waals surface area contributed by atoms with Crippen LogP contribution in [0.2, 0.25) is 0 Å². The summed E-state index contributed by atoms with van der Waals surface area (Å²) in [7, 11) is 0. The van der Waals surface area contributed by atoms with Gasteiger partial charge in [0.1, 0.15) is 17.9 Å². The van der Waals surface area contributed by atoms with Crippen LogP contribution in [0.3, 0.4) is 0 Å². The van der Waals surface area contributed by atoms with E-state index in [9.17, 15) is 58.2 Å². The standard InChI is InChI=1S/C57H89N11O12/c1-6-44-56(79)67-47(17-21-60)57(80)66-46(16-20-59)51(74)29-43(34(5)70)54(77)63-22-18-38(52(75)65-45(15-19-58)49(72)27-39(23-32(2)3)53(76)64-44)26-50(73)48(31-62)68-55(78)42(33(4)69)28-41(71)25-40(30-61)37-14-10-13-36(24-37)35-11-8-7-9-12-35/h7-14,24,32-34,38-40,42-48,69-70H,6,15-23,25-31,58-62H2,1-5H3,(H,63,77)(H,64,76)(H,65,75)(H,66,80)(H,67,79)(H,68,78)/t33-,34-,38-,39+,40-,42+,43+,44+,45+,46+,47+,48+/m1/s1. The maximum atomic E-state index is 14.4. The Morgan fingerprint density at radius 2 is 1.19 bits per heavy atom. The molecule has 0 aliphatic carbocycles. The summed E-state index contributed by atoms with van der Waals surface area (Å²) < 4.78 is 0. The minimum Gasteiger partial charge on any atom is -0.393 e. The van der Waals surface area contributed by atoms with E-state index in [-0.39, 0.29) is 89.4 Å². The molecule has 0 unspecified atom stereocenters. The number of aliphatic hydroxyl groups excluding tert-OH is 2. The van der Waals surface area contributed by atoms with Crippen LogP contribution < -0.4 is 60.6 Å². The summed E-state index contributed by atoms with van der Waals surface area (Å²) in [5.41, 5.74) is 32.5. The summed E-state index contributed by atoms with van der Waals surface area (Å²) in [6.45, 7) is 7.01. The van der Waals surface area contributed by atoms with Gasteiger partial charge < -0.3 is 70.8 Å². The van der Waals surface area contributed by atoms with Gasteiger partial charge in [-0.25, -0.2) is 0 Å². The monoisotopic (exact) mass is 1120 g/mol. The first-order valence-electron chi connectivity index (χ1n) is 27.9. The number of hydrogen-bond donors (Lipinski definition) is 13. The SMILES string of the molecule is CC[C@@H]1NC(=O)[C@@H](CC(C)C)CC(=O)[C@H](CCN)NC(=O)[C@@H](CC(=O)[C@H](CN)NC(=O)[C@@H](CC(=O)C[C@H](CN)c2cccc(-c3ccccc3)c2)[C@@H](C)O)CCNC(=O)[C@H]([C@@H](C)O)CC(=O)[C@H](CCN)NC(=O)[C@H](CCN)NC1=O. The second-order valence-electron chi connectivity index (χ2n) is 21.4. The normalized spacial score (nSPS) is 23.5. The topological polar surface area (TPSA) is 413 Å². The molecule has 1 heterocycles. The molecule has 23 heteroatoms. The lowest BCUT2D eigenvalue weighted by Crippen LogP contribution is -2.57. The van der Waals surface area contributed by atoms with Gasteiger partial charge in [0.25, 0.3) is 0 Å². The van der Waals surface area contributed by atoms with E-state index in [1.165, 1.54) is 13.8 Å². The molecule has 444 valence electrons. The van der Waals surface area contributed by atoms with Crippen molar-refractivity contribution in [3.63, 3.8) is 0 Å². The van der Waals surface area contributed by atoms with Gasteiger partial charge in [-0.05, 0) is 101 Å². The molecular weight excluding hydrogens is 1030 g/mol. The van der Waals surface area contributed by atoms with Gasteiger partial charge in [-0.3, -0.25) is 47.9 Å². The van der Waals surface area contributed by atoms with E-state index in [0.29, 0.717) is 0 Å². The number of carbonyl (C=O) groups is 10. The molecule has 2 aromatic rings. The van der Waals surface area contributed by atoms with Gasteiger partial charge in [0.05, 0.1) is 42.2 Å². The van der Waals surface area contributed by atoms with Crippen molar-refractivity contribution in [1.29, 1.82) is 0 Å². The van der Waals surface area contributed by atoms with Crippen molar-refractivity contribution in [1.82, 2.24) is 31.9 Å². The number of amides is 6. The number of Topliss-reactive ketones (excluding diaryl/α,β-unsaturated/α-hetero) is 4. The van der Waals surface area contributed by atoms with Gasteiger partial charge in [0.15, 0.2) is 17.3 Å². The Bertz CT molecular complexity index is 2390. The van der Waals surface area contributed by atoms with Crippen molar-refractivity contribution >= 4 is 58.6 Å². The van der Waals surface area contributed by atoms with Crippen LogP contribution >= 0.6 is 0 Å². The average Bonchev–Trinajstić information content (AvgIpc) is 3.42. The van der Waals surface area contributed by atoms with Crippen LogP contribution in [0, 0.1) is 29.6 Å². The highest BCUT2D eigenvalue weighted by molar-refractivity contribution is 5.98. The highest BCUT2D eigenvalue weighted by atomic mass is 16.3. The van der Waals surface area contributed by atoms with E-state index in [4.69, 9.17) is 28.7 Å². The molecular formula is C57H89N11O12. The van der Waals surface area contributed by atoms with Crippen LogP contribution in [0.4, 0.5) is 0 Å². The maximum absolute atomic E-state index is 14.4. The van der Waals surface area contributed by atoms with Crippen molar-refractivity contribution < 1.29 is 58.2 Å². The molecule has 0 bridgehead atoms. The van der Waals surface area contributed by atoms with Crippen molar-refractivity contribution in [3.8, 4) is 11.1 Å². The van der Waals surface area contributed by atoms with E-state index in [0.717, 1.165) is 16.7 Å². The quantitative estimate of drug-likeness (QED) is 0.0615. The first kappa shape index (κ1) is 67.9. The molecule has 6 amide bonds. The summed E-state index contributed by atoms with van der Waals surface area (Å²) in [4.78, 5) is 139. The van der Waals surface area contributed by atoms with Crippen molar-refractivity contribution in [2.45, 2.75) is 154 Å². The van der Waals surface area contributed by atoms with E-state index in [1.54, 1.807) is 6.92 Å². The molecule has 80 heavy (non-hydrogen) atoms. The lowest BCUT2D eigenvalue weighted by Gasteiger charge is -2.27. The summed E-state index contributed by atoms with van der Waals surface area (Å²) >= 11 is 0.